The second-order valence-corrected chi connectivity index (χ2v) is 37.8. The van der Waals surface area contributed by atoms with Gasteiger partial charge in [0.25, 0.3) is 0 Å². The Kier molecular flexibility index (Phi) is 28.7. The summed E-state index contributed by atoms with van der Waals surface area (Å²) in [7, 11) is 0. The van der Waals surface area contributed by atoms with E-state index in [-0.39, 0.29) is 97.2 Å². The number of carbonyl (C=O) groups is 8. The summed E-state index contributed by atoms with van der Waals surface area (Å²) in [5.74, 6) is 0.678. The van der Waals surface area contributed by atoms with Gasteiger partial charge in [-0.1, -0.05) is 121 Å². The van der Waals surface area contributed by atoms with E-state index in [1.54, 1.807) is 0 Å². The van der Waals surface area contributed by atoms with Crippen molar-refractivity contribution < 1.29 is 86.5 Å². The third-order valence-corrected chi connectivity index (χ3v) is 25.5. The zero-order valence-electron chi connectivity index (χ0n) is 70.2. The minimum atomic E-state index is -0.631. The number of hydrogen-bond acceptors (Lipinski definition) is 18. The first-order valence-electron chi connectivity index (χ1n) is 40.6. The number of benzene rings is 4. The van der Waals surface area contributed by atoms with Crippen LogP contribution in [0.25, 0.3) is 21.5 Å². The summed E-state index contributed by atoms with van der Waals surface area (Å²) < 4.78 is 43.4. The van der Waals surface area contributed by atoms with Gasteiger partial charge >= 0.3 is 47.8 Å². The summed E-state index contributed by atoms with van der Waals surface area (Å²) in [6, 6.07) is 28.9. The van der Waals surface area contributed by atoms with E-state index in [0.717, 1.165) is 100.0 Å². The van der Waals surface area contributed by atoms with Gasteiger partial charge in [0, 0.05) is 12.8 Å². The number of cyclic esters (lactones) is 2. The van der Waals surface area contributed by atoms with Gasteiger partial charge in [-0.25, -0.2) is 0 Å². The predicted molar refractivity (Wildman–Crippen MR) is 423 cm³/mol. The molecular formula is C91H134O18. The highest BCUT2D eigenvalue weighted by molar-refractivity contribution is 5.85. The highest BCUT2D eigenvalue weighted by Gasteiger charge is 2.61. The topological polar surface area (TPSA) is 251 Å². The highest BCUT2D eigenvalue weighted by atomic mass is 16.6. The molecule has 0 aromatic heterocycles. The molecule has 2 aliphatic heterocycles. The van der Waals surface area contributed by atoms with Gasteiger partial charge in [-0.3, -0.25) is 38.4 Å². The van der Waals surface area contributed by atoms with Gasteiger partial charge in [0.2, 0.25) is 0 Å². The summed E-state index contributed by atoms with van der Waals surface area (Å²) >= 11 is 0. The number of esters is 8. The van der Waals surface area contributed by atoms with Crippen molar-refractivity contribution >= 4 is 69.3 Å². The Morgan fingerprint density at radius 3 is 1.00 bits per heavy atom. The van der Waals surface area contributed by atoms with Crippen molar-refractivity contribution in [3.8, 4) is 0 Å². The van der Waals surface area contributed by atoms with Gasteiger partial charge in [-0.2, -0.15) is 0 Å². The molecule has 18 heteroatoms. The number of ether oxygens (including phenoxy) is 8. The van der Waals surface area contributed by atoms with Crippen LogP contribution in [-0.2, 0) is 87.5 Å². The SMILES string of the molecule is CCC(C)(C)C(=O)OC(C)(C)c1ccc2ccccc2c1.CCC(C)(C)C(=O)OC(C)(CC)c1ccc2ccccc2c1.CCC(C)(C)C(=O)OC12CC3CC(CC(O)(C3)C1)C2.CCC(C)(C)C(=O)OC12CC3CC(CC(O)(C3)C1)C2.CCC(C)(C)C(=O)OC1COC(=O)C1.CCC(C)(C)C(=O)OC1COC(=O)C1. The minimum absolute atomic E-state index is 0.0828. The maximum Gasteiger partial charge on any atom is 0.312 e. The number of rotatable bonds is 21. The smallest absolute Gasteiger partial charge is 0.312 e. The summed E-state index contributed by atoms with van der Waals surface area (Å²) in [6.07, 6.45) is 16.2. The lowest BCUT2D eigenvalue weighted by Gasteiger charge is -2.59. The van der Waals surface area contributed by atoms with Gasteiger partial charge < -0.3 is 48.1 Å². The molecule has 7 unspecified atom stereocenters. The van der Waals surface area contributed by atoms with Crippen molar-refractivity contribution in [3.05, 3.63) is 96.1 Å². The van der Waals surface area contributed by atoms with Crippen LogP contribution in [0.4, 0.5) is 0 Å². The van der Waals surface area contributed by atoms with Crippen LogP contribution in [0.15, 0.2) is 84.9 Å². The molecule has 8 bridgehead atoms. The Bertz CT molecular complexity index is 3690. The van der Waals surface area contributed by atoms with Crippen molar-refractivity contribution in [2.45, 2.75) is 333 Å². The monoisotopic (exact) mass is 1510 g/mol. The van der Waals surface area contributed by atoms with Gasteiger partial charge in [-0.05, 0) is 281 Å². The van der Waals surface area contributed by atoms with E-state index >= 15 is 0 Å². The predicted octanol–water partition coefficient (Wildman–Crippen LogP) is 19.2. The van der Waals surface area contributed by atoms with Crippen molar-refractivity contribution in [2.75, 3.05) is 13.2 Å². The van der Waals surface area contributed by atoms with Gasteiger partial charge in [0.05, 0.1) is 56.5 Å². The maximum atomic E-state index is 12.5. The van der Waals surface area contributed by atoms with E-state index in [4.69, 9.17) is 37.9 Å². The quantitative estimate of drug-likeness (QED) is 0.0581. The Morgan fingerprint density at radius 2 is 0.688 bits per heavy atom. The fourth-order valence-corrected chi connectivity index (χ4v) is 16.0. The number of carbonyl (C=O) groups excluding carboxylic acids is 8. The second-order valence-electron chi connectivity index (χ2n) is 37.8. The average molecular weight is 1520 g/mol. The Balaban J connectivity index is 0.000000183. The van der Waals surface area contributed by atoms with Crippen molar-refractivity contribution in [2.24, 2.45) is 56.2 Å². The molecule has 10 fully saturated rings. The third kappa shape index (κ3) is 22.9. The van der Waals surface area contributed by atoms with E-state index in [0.29, 0.717) is 49.4 Å². The average Bonchev–Trinajstić information content (AvgIpc) is 0.961. The molecule has 0 amide bonds. The fraction of sp³-hybridized carbons (Fsp3) is 0.692. The molecule has 4 aromatic rings. The van der Waals surface area contributed by atoms with E-state index < -0.39 is 54.9 Å². The van der Waals surface area contributed by atoms with E-state index in [9.17, 15) is 48.6 Å². The first-order chi connectivity index (χ1) is 50.5. The lowest BCUT2D eigenvalue weighted by Crippen LogP contribution is -2.61. The molecule has 2 N–H and O–H groups in total. The van der Waals surface area contributed by atoms with Crippen LogP contribution in [0.2, 0.25) is 0 Å². The van der Waals surface area contributed by atoms with Crippen molar-refractivity contribution in [3.63, 3.8) is 0 Å². The lowest BCUT2D eigenvalue weighted by molar-refractivity contribution is -0.226. The molecule has 14 rings (SSSR count). The van der Waals surface area contributed by atoms with Crippen LogP contribution in [0, 0.1) is 56.2 Å². The first kappa shape index (κ1) is 89.3. The Labute approximate surface area is 651 Å². The summed E-state index contributed by atoms with van der Waals surface area (Å²) in [5.41, 5.74) is -3.67. The van der Waals surface area contributed by atoms with Gasteiger partial charge in [-0.15, -0.1) is 0 Å². The van der Waals surface area contributed by atoms with E-state index in [2.05, 4.69) is 61.5 Å². The van der Waals surface area contributed by atoms with Crippen LogP contribution in [0.5, 0.6) is 0 Å². The molecule has 7 atom stereocenters. The summed E-state index contributed by atoms with van der Waals surface area (Å²) in [6.45, 7) is 43.1. The highest BCUT2D eigenvalue weighted by Crippen LogP contribution is 2.61. The molecule has 0 radical (unpaired) electrons. The Hall–Kier alpha value is -6.92. The van der Waals surface area contributed by atoms with Crippen LogP contribution in [0.1, 0.15) is 298 Å². The van der Waals surface area contributed by atoms with Crippen LogP contribution in [-0.4, -0.2) is 106 Å². The summed E-state index contributed by atoms with van der Waals surface area (Å²) in [4.78, 5) is 94.2. The van der Waals surface area contributed by atoms with Crippen LogP contribution < -0.4 is 0 Å². The largest absolute Gasteiger partial charge is 0.462 e. The Morgan fingerprint density at radius 1 is 0.385 bits per heavy atom. The van der Waals surface area contributed by atoms with Gasteiger partial charge in [0.15, 0.2) is 0 Å². The van der Waals surface area contributed by atoms with Crippen LogP contribution in [0.3, 0.4) is 0 Å². The summed E-state index contributed by atoms with van der Waals surface area (Å²) in [5, 5.41) is 26.0. The number of fused-ring (bicyclic) bond motifs is 2. The lowest BCUT2D eigenvalue weighted by atomic mass is 9.52. The zero-order valence-corrected chi connectivity index (χ0v) is 70.2. The second kappa shape index (κ2) is 35.0. The molecule has 606 valence electrons. The normalized spacial score (nSPS) is 26.5. The molecule has 0 spiro atoms. The number of aliphatic hydroxyl groups is 2. The van der Waals surface area contributed by atoms with E-state index in [1.807, 2.05) is 176 Å². The zero-order chi connectivity index (χ0) is 81.4. The minimum Gasteiger partial charge on any atom is -0.462 e. The molecule has 4 aromatic carbocycles. The first-order valence-corrected chi connectivity index (χ1v) is 40.6. The molecule has 2 saturated heterocycles. The third-order valence-electron chi connectivity index (χ3n) is 25.5. The molecule has 2 heterocycles. The van der Waals surface area contributed by atoms with Crippen molar-refractivity contribution in [1.29, 1.82) is 0 Å². The molecule has 109 heavy (non-hydrogen) atoms. The molecule has 10 aliphatic rings. The standard InChI is InChI=1S/C20H26O2.C19H24O2.2C16H26O3.2C10H16O4/c1-6-19(3,4)18(21)22-20(5,7-2)17-13-12-15-10-8-9-11-16(15)14-17;1-6-18(2,3)17(20)21-19(4,5)16-12-11-14-9-7-8-10-15(14)13-16;2*1-4-14(2,3)13(17)19-16-8-11-5-12(9-16)7-15(18,6-11)10-16;2*1-4-10(2,3)9(12)14-7-5-8(11)13-6-7/h8-14H,6-7H2,1-5H3;7-13H,6H2,1-5H3;2*11-12,18H,4-10H2,1-3H3;2*7H,4-6H2,1-3H3. The maximum absolute atomic E-state index is 12.5. The van der Waals surface area contributed by atoms with Crippen molar-refractivity contribution in [1.82, 2.24) is 0 Å². The van der Waals surface area contributed by atoms with Gasteiger partial charge in [0.1, 0.15) is 47.8 Å². The molecule has 18 nitrogen and oxygen atoms in total. The van der Waals surface area contributed by atoms with E-state index in [1.165, 1.54) is 29.0 Å². The number of hydrogen-bond donors (Lipinski definition) is 2. The van der Waals surface area contributed by atoms with Crippen LogP contribution >= 0.6 is 0 Å². The molecule has 8 aliphatic carbocycles. The fourth-order valence-electron chi connectivity index (χ4n) is 16.0. The molecular weight excluding hydrogens is 1380 g/mol. The molecule has 8 saturated carbocycles.